The summed E-state index contributed by atoms with van der Waals surface area (Å²) in [6.07, 6.45) is 0. The van der Waals surface area contributed by atoms with Crippen molar-refractivity contribution < 1.29 is 0 Å². The second kappa shape index (κ2) is 4.93. The van der Waals surface area contributed by atoms with Gasteiger partial charge in [-0.25, -0.2) is 9.97 Å². The molecule has 0 unspecified atom stereocenters. The first kappa shape index (κ1) is 14.0. The highest BCUT2D eigenvalue weighted by Crippen LogP contribution is 2.26. The van der Waals surface area contributed by atoms with Gasteiger partial charge in [-0.1, -0.05) is 56.6 Å². The van der Waals surface area contributed by atoms with Crippen LogP contribution in [0, 0.1) is 13.8 Å². The number of hydrogen-bond donors (Lipinski definition) is 0. The highest BCUT2D eigenvalue weighted by atomic mass is 35.5. The van der Waals surface area contributed by atoms with E-state index in [2.05, 4.69) is 55.0 Å². The van der Waals surface area contributed by atoms with Crippen molar-refractivity contribution in [2.45, 2.75) is 40.0 Å². The van der Waals surface area contributed by atoms with Gasteiger partial charge in [0, 0.05) is 16.8 Å². The number of hydrogen-bond acceptors (Lipinski definition) is 2. The van der Waals surface area contributed by atoms with Crippen LogP contribution in [0.3, 0.4) is 0 Å². The SMILES string of the molecule is Cc1nc(-c2ccc(C(C)(C)C)cc2)nc(Cl)c1C. The molecule has 2 rings (SSSR count). The van der Waals surface area contributed by atoms with Crippen LogP contribution in [0.5, 0.6) is 0 Å². The fraction of sp³-hybridized carbons (Fsp3) is 0.375. The van der Waals surface area contributed by atoms with E-state index in [-0.39, 0.29) is 5.41 Å². The van der Waals surface area contributed by atoms with Gasteiger partial charge in [0.05, 0.1) is 0 Å². The van der Waals surface area contributed by atoms with E-state index in [1.54, 1.807) is 0 Å². The third-order valence-corrected chi connectivity index (χ3v) is 3.71. The molecule has 0 aliphatic rings. The summed E-state index contributed by atoms with van der Waals surface area (Å²) in [5, 5.41) is 0.530. The van der Waals surface area contributed by atoms with E-state index in [1.165, 1.54) is 5.56 Å². The molecule has 0 radical (unpaired) electrons. The zero-order chi connectivity index (χ0) is 14.2. The third kappa shape index (κ3) is 2.95. The average molecular weight is 275 g/mol. The topological polar surface area (TPSA) is 25.8 Å². The Balaban J connectivity index is 2.43. The van der Waals surface area contributed by atoms with Gasteiger partial charge in [-0.05, 0) is 24.8 Å². The zero-order valence-corrected chi connectivity index (χ0v) is 12.8. The molecule has 0 N–H and O–H groups in total. The Morgan fingerprint density at radius 1 is 0.947 bits per heavy atom. The van der Waals surface area contributed by atoms with Crippen molar-refractivity contribution in [1.82, 2.24) is 9.97 Å². The van der Waals surface area contributed by atoms with Crippen LogP contribution in [-0.4, -0.2) is 9.97 Å². The largest absolute Gasteiger partial charge is 0.233 e. The van der Waals surface area contributed by atoms with Crippen molar-refractivity contribution in [2.75, 3.05) is 0 Å². The van der Waals surface area contributed by atoms with Gasteiger partial charge in [-0.2, -0.15) is 0 Å². The minimum absolute atomic E-state index is 0.153. The maximum atomic E-state index is 6.12. The Labute approximate surface area is 119 Å². The van der Waals surface area contributed by atoms with Gasteiger partial charge in [0.25, 0.3) is 0 Å². The lowest BCUT2D eigenvalue weighted by Crippen LogP contribution is -2.10. The summed E-state index contributed by atoms with van der Waals surface area (Å²) in [5.74, 6) is 0.688. The number of rotatable bonds is 1. The van der Waals surface area contributed by atoms with Gasteiger partial charge in [0.1, 0.15) is 5.15 Å². The van der Waals surface area contributed by atoms with Gasteiger partial charge < -0.3 is 0 Å². The molecule has 2 nitrogen and oxygen atoms in total. The number of nitrogens with zero attached hydrogens (tertiary/aromatic N) is 2. The lowest BCUT2D eigenvalue weighted by molar-refractivity contribution is 0.590. The molecule has 0 spiro atoms. The number of aryl methyl sites for hydroxylation is 1. The van der Waals surface area contributed by atoms with Crippen LogP contribution in [-0.2, 0) is 5.41 Å². The molecule has 0 aliphatic heterocycles. The van der Waals surface area contributed by atoms with Crippen LogP contribution in [0.25, 0.3) is 11.4 Å². The van der Waals surface area contributed by atoms with E-state index in [4.69, 9.17) is 11.6 Å². The molecule has 2 aromatic rings. The van der Waals surface area contributed by atoms with E-state index >= 15 is 0 Å². The molecule has 1 heterocycles. The summed E-state index contributed by atoms with van der Waals surface area (Å²) in [6.45, 7) is 10.5. The van der Waals surface area contributed by atoms with Crippen molar-refractivity contribution in [2.24, 2.45) is 0 Å². The van der Waals surface area contributed by atoms with Crippen LogP contribution < -0.4 is 0 Å². The standard InChI is InChI=1S/C16H19ClN2/c1-10-11(2)18-15(19-14(10)17)12-6-8-13(9-7-12)16(3,4)5/h6-9H,1-5H3. The zero-order valence-electron chi connectivity index (χ0n) is 12.1. The van der Waals surface area contributed by atoms with E-state index < -0.39 is 0 Å². The van der Waals surface area contributed by atoms with E-state index in [1.807, 2.05) is 13.8 Å². The lowest BCUT2D eigenvalue weighted by atomic mass is 9.87. The molecule has 0 fully saturated rings. The lowest BCUT2D eigenvalue weighted by Gasteiger charge is -2.19. The van der Waals surface area contributed by atoms with E-state index in [9.17, 15) is 0 Å². The summed E-state index contributed by atoms with van der Waals surface area (Å²) < 4.78 is 0. The molecule has 3 heteroatoms. The Morgan fingerprint density at radius 2 is 1.53 bits per heavy atom. The first-order valence-corrected chi connectivity index (χ1v) is 6.78. The van der Waals surface area contributed by atoms with E-state index in [0.717, 1.165) is 16.8 Å². The normalized spacial score (nSPS) is 11.7. The molecule has 100 valence electrons. The monoisotopic (exact) mass is 274 g/mol. The quantitative estimate of drug-likeness (QED) is 0.704. The van der Waals surface area contributed by atoms with Gasteiger partial charge >= 0.3 is 0 Å². The predicted octanol–water partition coefficient (Wildman–Crippen LogP) is 4.71. The van der Waals surface area contributed by atoms with Crippen molar-refractivity contribution in [3.05, 3.63) is 46.2 Å². The van der Waals surface area contributed by atoms with Crippen LogP contribution in [0.2, 0.25) is 5.15 Å². The minimum atomic E-state index is 0.153. The molecular weight excluding hydrogens is 256 g/mol. The Morgan fingerprint density at radius 3 is 2.00 bits per heavy atom. The van der Waals surface area contributed by atoms with Crippen molar-refractivity contribution >= 4 is 11.6 Å². The third-order valence-electron chi connectivity index (χ3n) is 3.34. The van der Waals surface area contributed by atoms with Crippen molar-refractivity contribution in [3.63, 3.8) is 0 Å². The fourth-order valence-corrected chi connectivity index (χ4v) is 2.06. The minimum Gasteiger partial charge on any atom is -0.233 e. The molecular formula is C16H19ClN2. The Hall–Kier alpha value is -1.41. The van der Waals surface area contributed by atoms with Gasteiger partial charge in [-0.15, -0.1) is 0 Å². The molecule has 19 heavy (non-hydrogen) atoms. The summed E-state index contributed by atoms with van der Waals surface area (Å²) >= 11 is 6.12. The Kier molecular flexibility index (Phi) is 3.64. The fourth-order valence-electron chi connectivity index (χ4n) is 1.84. The van der Waals surface area contributed by atoms with Crippen molar-refractivity contribution in [3.8, 4) is 11.4 Å². The molecule has 0 saturated carbocycles. The van der Waals surface area contributed by atoms with Gasteiger partial charge in [0.15, 0.2) is 5.82 Å². The molecule has 1 aromatic carbocycles. The maximum absolute atomic E-state index is 6.12. The van der Waals surface area contributed by atoms with Crippen molar-refractivity contribution in [1.29, 1.82) is 0 Å². The first-order chi connectivity index (χ1) is 8.79. The second-order valence-electron chi connectivity index (χ2n) is 5.88. The van der Waals surface area contributed by atoms with Crippen LogP contribution in [0.1, 0.15) is 37.6 Å². The average Bonchev–Trinajstić information content (AvgIpc) is 2.34. The molecule has 1 aromatic heterocycles. The molecule has 0 saturated heterocycles. The second-order valence-corrected chi connectivity index (χ2v) is 6.23. The number of aromatic nitrogens is 2. The van der Waals surface area contributed by atoms with Crippen LogP contribution in [0.4, 0.5) is 0 Å². The summed E-state index contributed by atoms with van der Waals surface area (Å²) in [6, 6.07) is 8.37. The molecule has 0 atom stereocenters. The van der Waals surface area contributed by atoms with Gasteiger partial charge in [-0.3, -0.25) is 0 Å². The number of benzene rings is 1. The predicted molar refractivity (Wildman–Crippen MR) is 80.7 cm³/mol. The highest BCUT2D eigenvalue weighted by molar-refractivity contribution is 6.30. The summed E-state index contributed by atoms with van der Waals surface area (Å²) in [5.41, 5.74) is 4.32. The van der Waals surface area contributed by atoms with Crippen LogP contribution >= 0.6 is 11.6 Å². The van der Waals surface area contributed by atoms with Gasteiger partial charge in [0.2, 0.25) is 0 Å². The smallest absolute Gasteiger partial charge is 0.161 e. The van der Waals surface area contributed by atoms with Crippen LogP contribution in [0.15, 0.2) is 24.3 Å². The molecule has 0 bridgehead atoms. The maximum Gasteiger partial charge on any atom is 0.161 e. The molecule has 0 amide bonds. The summed E-state index contributed by atoms with van der Waals surface area (Å²) in [7, 11) is 0. The molecule has 0 aliphatic carbocycles. The summed E-state index contributed by atoms with van der Waals surface area (Å²) in [4.78, 5) is 8.85. The van der Waals surface area contributed by atoms with E-state index in [0.29, 0.717) is 11.0 Å². The first-order valence-electron chi connectivity index (χ1n) is 6.40. The Bertz CT molecular complexity index is 572. The number of halogens is 1. The highest BCUT2D eigenvalue weighted by Gasteiger charge is 2.14.